The average Bonchev–Trinajstić information content (AvgIpc) is 2.29. The Morgan fingerprint density at radius 2 is 1.75 bits per heavy atom. The summed E-state index contributed by atoms with van der Waals surface area (Å²) < 4.78 is 1.74. The summed E-state index contributed by atoms with van der Waals surface area (Å²) in [5.74, 6) is 1.14. The Hall–Kier alpha value is 0.480. The number of hydrogen-bond acceptors (Lipinski definition) is 3. The van der Waals surface area contributed by atoms with E-state index in [-0.39, 0.29) is 0 Å². The lowest BCUT2D eigenvalue weighted by atomic mass is 10.4. The van der Waals surface area contributed by atoms with Crippen molar-refractivity contribution >= 4 is 57.5 Å². The molecule has 1 saturated heterocycles. The van der Waals surface area contributed by atoms with E-state index >= 15 is 0 Å². The maximum absolute atomic E-state index is 5.41. The van der Waals surface area contributed by atoms with Gasteiger partial charge in [0.25, 0.3) is 0 Å². The molecule has 16 heavy (non-hydrogen) atoms. The molecule has 0 aliphatic carbocycles. The van der Waals surface area contributed by atoms with Gasteiger partial charge in [0, 0.05) is 31.9 Å². The van der Waals surface area contributed by atoms with Gasteiger partial charge >= 0.3 is 0 Å². The van der Waals surface area contributed by atoms with Crippen molar-refractivity contribution in [2.24, 2.45) is 0 Å². The van der Waals surface area contributed by atoms with E-state index in [9.17, 15) is 0 Å². The fourth-order valence-electron chi connectivity index (χ4n) is 1.48. The van der Waals surface area contributed by atoms with Crippen molar-refractivity contribution in [2.75, 3.05) is 31.9 Å². The van der Waals surface area contributed by atoms with Crippen LogP contribution in [0.1, 0.15) is 19.8 Å². The van der Waals surface area contributed by atoms with Crippen LogP contribution in [-0.2, 0) is 0 Å². The molecule has 1 fully saturated rings. The van der Waals surface area contributed by atoms with Crippen LogP contribution in [0.15, 0.2) is 0 Å². The minimum Gasteiger partial charge on any atom is -0.354 e. The highest BCUT2D eigenvalue weighted by Gasteiger charge is 2.19. The number of piperazine rings is 1. The first-order chi connectivity index (χ1) is 7.65. The fraction of sp³-hybridized carbons (Fsp3) is 0.800. The number of hydrogen-bond donors (Lipinski definition) is 1. The Bertz CT molecular complexity index is 249. The van der Waals surface area contributed by atoms with Gasteiger partial charge in [0.1, 0.15) is 8.64 Å². The highest BCUT2D eigenvalue weighted by Crippen LogP contribution is 2.14. The Labute approximate surface area is 119 Å². The second kappa shape index (κ2) is 7.74. The minimum absolute atomic E-state index is 0.698. The van der Waals surface area contributed by atoms with E-state index in [1.807, 2.05) is 0 Å². The van der Waals surface area contributed by atoms with Gasteiger partial charge in [-0.1, -0.05) is 49.5 Å². The lowest BCUT2D eigenvalue weighted by molar-refractivity contribution is 0.271. The molecule has 6 heteroatoms. The molecule has 1 aliphatic rings. The fourth-order valence-corrected chi connectivity index (χ4v) is 3.26. The van der Waals surface area contributed by atoms with Gasteiger partial charge in [0.15, 0.2) is 0 Å². The maximum atomic E-state index is 5.41. The first kappa shape index (κ1) is 14.5. The summed E-state index contributed by atoms with van der Waals surface area (Å²) in [6.45, 7) is 6.03. The molecule has 0 amide bonds. The molecule has 0 aromatic carbocycles. The van der Waals surface area contributed by atoms with E-state index in [4.69, 9.17) is 24.4 Å². The summed E-state index contributed by atoms with van der Waals surface area (Å²) in [5.41, 5.74) is 0. The summed E-state index contributed by atoms with van der Waals surface area (Å²) in [4.78, 5) is 4.40. The normalized spacial score (nSPS) is 16.4. The van der Waals surface area contributed by atoms with Gasteiger partial charge in [-0.05, 0) is 6.42 Å². The molecule has 0 radical (unpaired) electrons. The van der Waals surface area contributed by atoms with Gasteiger partial charge in [-0.25, -0.2) is 0 Å². The third-order valence-electron chi connectivity index (χ3n) is 2.53. The summed E-state index contributed by atoms with van der Waals surface area (Å²) in [6.07, 6.45) is 2.48. The smallest absolute Gasteiger partial charge is 0.136 e. The molecule has 2 nitrogen and oxygen atoms in total. The standard InChI is InChI=1S/C10H18N2S4/c1-2-3-8-16-10(15)12-6-4-11(5-7-12)9(13)14/h2-8H2,1H3,(H,13,14). The van der Waals surface area contributed by atoms with Gasteiger partial charge in [-0.15, -0.1) is 12.6 Å². The van der Waals surface area contributed by atoms with Gasteiger partial charge in [-0.3, -0.25) is 0 Å². The molecule has 0 bridgehead atoms. The number of thiol groups is 1. The molecule has 0 spiro atoms. The number of rotatable bonds is 3. The molecule has 0 aromatic heterocycles. The van der Waals surface area contributed by atoms with Crippen LogP contribution >= 0.6 is 48.8 Å². The molecular formula is C10H18N2S4. The molecule has 0 aromatic rings. The Morgan fingerprint density at radius 1 is 1.19 bits per heavy atom. The lowest BCUT2D eigenvalue weighted by Gasteiger charge is -2.36. The zero-order chi connectivity index (χ0) is 12.0. The van der Waals surface area contributed by atoms with E-state index in [1.165, 1.54) is 12.8 Å². The van der Waals surface area contributed by atoms with Crippen LogP contribution in [0.5, 0.6) is 0 Å². The molecule has 0 atom stereocenters. The molecule has 1 heterocycles. The molecule has 1 aliphatic heterocycles. The predicted octanol–water partition coefficient (Wildman–Crippen LogP) is 2.64. The van der Waals surface area contributed by atoms with Crippen molar-refractivity contribution in [3.63, 3.8) is 0 Å². The second-order valence-electron chi connectivity index (χ2n) is 3.72. The third-order valence-corrected chi connectivity index (χ3v) is 4.68. The van der Waals surface area contributed by atoms with Gasteiger partial charge in [-0.2, -0.15) is 0 Å². The van der Waals surface area contributed by atoms with E-state index in [0.29, 0.717) is 4.32 Å². The van der Waals surface area contributed by atoms with Crippen LogP contribution in [0.25, 0.3) is 0 Å². The topological polar surface area (TPSA) is 6.48 Å². The SMILES string of the molecule is CCCCSC(=S)N1CCN(C(=S)S)CC1. The van der Waals surface area contributed by atoms with Gasteiger partial charge in [0.2, 0.25) is 0 Å². The zero-order valence-electron chi connectivity index (χ0n) is 9.52. The largest absolute Gasteiger partial charge is 0.354 e. The lowest BCUT2D eigenvalue weighted by Crippen LogP contribution is -2.48. The van der Waals surface area contributed by atoms with Crippen LogP contribution in [0.3, 0.4) is 0 Å². The molecule has 0 N–H and O–H groups in total. The van der Waals surface area contributed by atoms with Crippen LogP contribution in [0.4, 0.5) is 0 Å². The summed E-state index contributed by atoms with van der Waals surface area (Å²) in [7, 11) is 0. The van der Waals surface area contributed by atoms with Crippen molar-refractivity contribution in [3.05, 3.63) is 0 Å². The number of thiocarbonyl (C=S) groups is 2. The molecule has 0 unspecified atom stereocenters. The van der Waals surface area contributed by atoms with Crippen LogP contribution in [0.2, 0.25) is 0 Å². The van der Waals surface area contributed by atoms with Crippen molar-refractivity contribution in [3.8, 4) is 0 Å². The van der Waals surface area contributed by atoms with Crippen LogP contribution < -0.4 is 0 Å². The summed E-state index contributed by atoms with van der Waals surface area (Å²) in [5, 5.41) is 0. The van der Waals surface area contributed by atoms with Crippen molar-refractivity contribution < 1.29 is 0 Å². The monoisotopic (exact) mass is 294 g/mol. The number of nitrogens with zero attached hydrogens (tertiary/aromatic N) is 2. The highest BCUT2D eigenvalue weighted by atomic mass is 32.2. The van der Waals surface area contributed by atoms with Gasteiger partial charge in [0.05, 0.1) is 0 Å². The van der Waals surface area contributed by atoms with E-state index in [1.54, 1.807) is 11.8 Å². The number of unbranched alkanes of at least 4 members (excludes halogenated alkanes) is 1. The molecule has 0 saturated carbocycles. The van der Waals surface area contributed by atoms with Crippen LogP contribution in [0, 0.1) is 0 Å². The van der Waals surface area contributed by atoms with E-state index in [0.717, 1.165) is 36.3 Å². The maximum Gasteiger partial charge on any atom is 0.136 e. The number of thioether (sulfide) groups is 1. The second-order valence-corrected chi connectivity index (χ2v) is 6.57. The average molecular weight is 295 g/mol. The third kappa shape index (κ3) is 4.77. The van der Waals surface area contributed by atoms with Crippen LogP contribution in [-0.4, -0.2) is 50.4 Å². The quantitative estimate of drug-likeness (QED) is 0.484. The Morgan fingerprint density at radius 3 is 2.25 bits per heavy atom. The molecular weight excluding hydrogens is 276 g/mol. The predicted molar refractivity (Wildman–Crippen MR) is 84.7 cm³/mol. The van der Waals surface area contributed by atoms with Crippen molar-refractivity contribution in [1.29, 1.82) is 0 Å². The Balaban J connectivity index is 2.25. The van der Waals surface area contributed by atoms with E-state index < -0.39 is 0 Å². The molecule has 92 valence electrons. The van der Waals surface area contributed by atoms with Crippen molar-refractivity contribution in [1.82, 2.24) is 9.80 Å². The van der Waals surface area contributed by atoms with Crippen molar-refractivity contribution in [2.45, 2.75) is 19.8 Å². The van der Waals surface area contributed by atoms with E-state index in [2.05, 4.69) is 29.4 Å². The summed E-state index contributed by atoms with van der Waals surface area (Å²) >= 11 is 16.4. The summed E-state index contributed by atoms with van der Waals surface area (Å²) in [6, 6.07) is 0. The molecule has 1 rings (SSSR count). The first-order valence-corrected chi connectivity index (χ1v) is 7.79. The van der Waals surface area contributed by atoms with Gasteiger partial charge < -0.3 is 9.80 Å². The zero-order valence-corrected chi connectivity index (χ0v) is 12.9. The highest BCUT2D eigenvalue weighted by molar-refractivity contribution is 8.22. The minimum atomic E-state index is 0.698. The Kier molecular flexibility index (Phi) is 7.03. The first-order valence-electron chi connectivity index (χ1n) is 5.54.